The van der Waals surface area contributed by atoms with Crippen LogP contribution >= 0.6 is 11.6 Å². The zero-order chi connectivity index (χ0) is 11.5. The standard InChI is InChI=1S/C11H12ClN3O/c12-8-3-1-7(2-4-8)10-9(5-6-13)11(16)15-14-10/h1-4H,5-6,13H2,(H2,14,15,16). The van der Waals surface area contributed by atoms with Gasteiger partial charge in [0.15, 0.2) is 0 Å². The van der Waals surface area contributed by atoms with Crippen molar-refractivity contribution in [1.82, 2.24) is 10.2 Å². The number of halogens is 1. The molecule has 0 fully saturated rings. The van der Waals surface area contributed by atoms with E-state index in [-0.39, 0.29) is 5.56 Å². The molecule has 0 amide bonds. The number of rotatable bonds is 3. The first-order chi connectivity index (χ1) is 7.72. The number of hydrogen-bond donors (Lipinski definition) is 3. The minimum atomic E-state index is -0.115. The zero-order valence-corrected chi connectivity index (χ0v) is 9.34. The van der Waals surface area contributed by atoms with E-state index in [1.807, 2.05) is 12.1 Å². The highest BCUT2D eigenvalue weighted by Gasteiger charge is 2.10. The first kappa shape index (κ1) is 11.0. The van der Waals surface area contributed by atoms with Crippen LogP contribution in [0.2, 0.25) is 5.02 Å². The van der Waals surface area contributed by atoms with Crippen molar-refractivity contribution >= 4 is 11.6 Å². The average molecular weight is 238 g/mol. The lowest BCUT2D eigenvalue weighted by Gasteiger charge is -2.01. The highest BCUT2D eigenvalue weighted by molar-refractivity contribution is 6.30. The maximum Gasteiger partial charge on any atom is 0.267 e. The number of nitrogens with one attached hydrogen (secondary N) is 2. The average Bonchev–Trinajstić information content (AvgIpc) is 2.63. The molecule has 5 heteroatoms. The number of aromatic nitrogens is 2. The Labute approximate surface area is 97.4 Å². The smallest absolute Gasteiger partial charge is 0.267 e. The Hall–Kier alpha value is -1.52. The van der Waals surface area contributed by atoms with Crippen molar-refractivity contribution in [1.29, 1.82) is 0 Å². The van der Waals surface area contributed by atoms with Crippen molar-refractivity contribution < 1.29 is 0 Å². The SMILES string of the molecule is NCCc1c(-c2ccc(Cl)cc2)[nH][nH]c1=O. The lowest BCUT2D eigenvalue weighted by molar-refractivity contribution is 0.960. The number of benzene rings is 1. The lowest BCUT2D eigenvalue weighted by atomic mass is 10.1. The maximum absolute atomic E-state index is 11.5. The normalized spacial score (nSPS) is 10.6. The third-order valence-electron chi connectivity index (χ3n) is 2.40. The highest BCUT2D eigenvalue weighted by atomic mass is 35.5. The van der Waals surface area contributed by atoms with Crippen LogP contribution < -0.4 is 11.3 Å². The fourth-order valence-corrected chi connectivity index (χ4v) is 1.76. The first-order valence-corrected chi connectivity index (χ1v) is 5.35. The van der Waals surface area contributed by atoms with Crippen molar-refractivity contribution in [3.63, 3.8) is 0 Å². The Morgan fingerprint density at radius 2 is 1.88 bits per heavy atom. The van der Waals surface area contributed by atoms with Gasteiger partial charge in [-0.05, 0) is 30.7 Å². The van der Waals surface area contributed by atoms with Crippen LogP contribution in [0.4, 0.5) is 0 Å². The quantitative estimate of drug-likeness (QED) is 0.757. The molecule has 0 saturated heterocycles. The van der Waals surface area contributed by atoms with Crippen molar-refractivity contribution in [3.8, 4) is 11.3 Å². The summed E-state index contributed by atoms with van der Waals surface area (Å²) < 4.78 is 0. The van der Waals surface area contributed by atoms with E-state index < -0.39 is 0 Å². The van der Waals surface area contributed by atoms with E-state index in [1.165, 1.54) is 0 Å². The Morgan fingerprint density at radius 1 is 1.19 bits per heavy atom. The fourth-order valence-electron chi connectivity index (χ4n) is 1.63. The van der Waals surface area contributed by atoms with Crippen LogP contribution in [-0.4, -0.2) is 16.7 Å². The number of H-pyrrole nitrogens is 2. The molecule has 84 valence electrons. The minimum Gasteiger partial charge on any atom is -0.330 e. The van der Waals surface area contributed by atoms with Crippen LogP contribution in [0.1, 0.15) is 5.56 Å². The summed E-state index contributed by atoms with van der Waals surface area (Å²) in [6, 6.07) is 7.30. The summed E-state index contributed by atoms with van der Waals surface area (Å²) in [5.41, 5.74) is 7.75. The molecule has 0 bridgehead atoms. The summed E-state index contributed by atoms with van der Waals surface area (Å²) >= 11 is 5.81. The van der Waals surface area contributed by atoms with Gasteiger partial charge in [-0.3, -0.25) is 15.0 Å². The molecule has 0 unspecified atom stereocenters. The second-order valence-electron chi connectivity index (χ2n) is 3.48. The van der Waals surface area contributed by atoms with Crippen LogP contribution in [0.5, 0.6) is 0 Å². The Bertz CT molecular complexity index is 527. The Kier molecular flexibility index (Phi) is 3.12. The maximum atomic E-state index is 11.5. The molecule has 0 radical (unpaired) electrons. The van der Waals surface area contributed by atoms with Crippen LogP contribution in [-0.2, 0) is 6.42 Å². The van der Waals surface area contributed by atoms with E-state index in [0.29, 0.717) is 23.6 Å². The van der Waals surface area contributed by atoms with E-state index in [4.69, 9.17) is 17.3 Å². The van der Waals surface area contributed by atoms with Crippen molar-refractivity contribution in [2.75, 3.05) is 6.54 Å². The van der Waals surface area contributed by atoms with Crippen molar-refractivity contribution in [2.24, 2.45) is 5.73 Å². The lowest BCUT2D eigenvalue weighted by Crippen LogP contribution is -2.12. The Morgan fingerprint density at radius 3 is 2.50 bits per heavy atom. The Balaban J connectivity index is 2.47. The van der Waals surface area contributed by atoms with E-state index in [0.717, 1.165) is 11.3 Å². The van der Waals surface area contributed by atoms with Gasteiger partial charge in [-0.25, -0.2) is 0 Å². The summed E-state index contributed by atoms with van der Waals surface area (Å²) in [6.45, 7) is 0.446. The van der Waals surface area contributed by atoms with Gasteiger partial charge in [0.2, 0.25) is 0 Å². The van der Waals surface area contributed by atoms with Crippen LogP contribution in [0.25, 0.3) is 11.3 Å². The van der Waals surface area contributed by atoms with Gasteiger partial charge < -0.3 is 5.73 Å². The molecule has 0 aliphatic heterocycles. The van der Waals surface area contributed by atoms with Crippen LogP contribution in [0, 0.1) is 0 Å². The summed E-state index contributed by atoms with van der Waals surface area (Å²) in [6.07, 6.45) is 0.552. The summed E-state index contributed by atoms with van der Waals surface area (Å²) in [5.74, 6) is 0. The predicted octanol–water partition coefficient (Wildman–Crippen LogP) is 1.52. The van der Waals surface area contributed by atoms with Crippen LogP contribution in [0.3, 0.4) is 0 Å². The second kappa shape index (κ2) is 4.55. The van der Waals surface area contributed by atoms with Gasteiger partial charge in [0, 0.05) is 10.6 Å². The van der Waals surface area contributed by atoms with E-state index in [1.54, 1.807) is 12.1 Å². The molecule has 0 aliphatic carbocycles. The highest BCUT2D eigenvalue weighted by Crippen LogP contribution is 2.21. The van der Waals surface area contributed by atoms with Gasteiger partial charge >= 0.3 is 0 Å². The predicted molar refractivity (Wildman–Crippen MR) is 64.6 cm³/mol. The van der Waals surface area contributed by atoms with Gasteiger partial charge in [0.1, 0.15) is 0 Å². The molecular weight excluding hydrogens is 226 g/mol. The van der Waals surface area contributed by atoms with E-state index in [2.05, 4.69) is 10.2 Å². The van der Waals surface area contributed by atoms with Crippen molar-refractivity contribution in [3.05, 3.63) is 45.2 Å². The molecule has 16 heavy (non-hydrogen) atoms. The number of hydrogen-bond acceptors (Lipinski definition) is 2. The summed E-state index contributed by atoms with van der Waals surface area (Å²) in [7, 11) is 0. The minimum absolute atomic E-state index is 0.115. The molecule has 1 aromatic carbocycles. The van der Waals surface area contributed by atoms with Gasteiger partial charge in [0.05, 0.1) is 5.69 Å². The third kappa shape index (κ3) is 2.03. The van der Waals surface area contributed by atoms with Gasteiger partial charge in [0.25, 0.3) is 5.56 Å². The molecule has 1 aromatic heterocycles. The summed E-state index contributed by atoms with van der Waals surface area (Å²) in [4.78, 5) is 11.5. The third-order valence-corrected chi connectivity index (χ3v) is 2.66. The molecule has 2 rings (SSSR count). The molecule has 4 nitrogen and oxygen atoms in total. The van der Waals surface area contributed by atoms with Crippen molar-refractivity contribution in [2.45, 2.75) is 6.42 Å². The second-order valence-corrected chi connectivity index (χ2v) is 3.91. The molecule has 1 heterocycles. The molecule has 0 aliphatic rings. The number of nitrogens with two attached hydrogens (primary N) is 1. The fraction of sp³-hybridized carbons (Fsp3) is 0.182. The summed E-state index contributed by atoms with van der Waals surface area (Å²) in [5, 5.41) is 6.09. The molecule has 0 atom stereocenters. The van der Waals surface area contributed by atoms with Gasteiger partial charge in [-0.15, -0.1) is 0 Å². The monoisotopic (exact) mass is 237 g/mol. The van der Waals surface area contributed by atoms with Gasteiger partial charge in [-0.2, -0.15) is 0 Å². The molecule has 4 N–H and O–H groups in total. The molecular formula is C11H12ClN3O. The number of aromatic amines is 2. The molecule has 2 aromatic rings. The molecule has 0 saturated carbocycles. The topological polar surface area (TPSA) is 74.7 Å². The van der Waals surface area contributed by atoms with Gasteiger partial charge in [-0.1, -0.05) is 23.7 Å². The first-order valence-electron chi connectivity index (χ1n) is 4.98. The van der Waals surface area contributed by atoms with E-state index in [9.17, 15) is 4.79 Å². The van der Waals surface area contributed by atoms with E-state index >= 15 is 0 Å². The van der Waals surface area contributed by atoms with Crippen LogP contribution in [0.15, 0.2) is 29.1 Å². The molecule has 0 spiro atoms. The zero-order valence-electron chi connectivity index (χ0n) is 8.59. The largest absolute Gasteiger partial charge is 0.330 e.